The van der Waals surface area contributed by atoms with Crippen molar-refractivity contribution in [3.63, 3.8) is 0 Å². The molecule has 0 aliphatic carbocycles. The van der Waals surface area contributed by atoms with Gasteiger partial charge in [0.05, 0.1) is 5.92 Å². The molecule has 1 atom stereocenters. The van der Waals surface area contributed by atoms with Gasteiger partial charge in [0, 0.05) is 41.2 Å². The molecule has 1 fully saturated rings. The highest BCUT2D eigenvalue weighted by atomic mass is 79.9. The fourth-order valence-corrected chi connectivity index (χ4v) is 3.28. The van der Waals surface area contributed by atoms with E-state index in [0.717, 1.165) is 27.4 Å². The lowest BCUT2D eigenvalue weighted by Gasteiger charge is -2.16. The lowest BCUT2D eigenvalue weighted by molar-refractivity contribution is -0.141. The molecular weight excluding hydrogens is 362 g/mol. The van der Waals surface area contributed by atoms with Crippen molar-refractivity contribution in [3.8, 4) is 0 Å². The molecule has 0 saturated carbocycles. The second-order valence-electron chi connectivity index (χ2n) is 5.76. The number of aromatic amines is 1. The van der Waals surface area contributed by atoms with Crippen molar-refractivity contribution in [2.45, 2.75) is 12.8 Å². The molecular formula is C16H18BrN3O3. The van der Waals surface area contributed by atoms with Gasteiger partial charge >= 0.3 is 12.0 Å². The average Bonchev–Trinajstić information content (AvgIpc) is 3.14. The van der Waals surface area contributed by atoms with Gasteiger partial charge in [-0.25, -0.2) is 4.79 Å². The number of aliphatic carboxylic acids is 1. The van der Waals surface area contributed by atoms with Crippen molar-refractivity contribution < 1.29 is 14.7 Å². The Hall–Kier alpha value is -2.02. The first-order valence-corrected chi connectivity index (χ1v) is 8.35. The van der Waals surface area contributed by atoms with Gasteiger partial charge in [-0.15, -0.1) is 0 Å². The van der Waals surface area contributed by atoms with Gasteiger partial charge in [-0.3, -0.25) is 4.79 Å². The maximum atomic E-state index is 12.1. The summed E-state index contributed by atoms with van der Waals surface area (Å²) in [6, 6.07) is 5.87. The van der Waals surface area contributed by atoms with Crippen molar-refractivity contribution in [2.75, 3.05) is 19.6 Å². The SMILES string of the molecule is O=C(O)C1CCN(C(=O)NCCc2c[nH]c3ccc(Br)cc23)C1. The molecule has 1 aromatic heterocycles. The topological polar surface area (TPSA) is 85.4 Å². The highest BCUT2D eigenvalue weighted by Crippen LogP contribution is 2.23. The fraction of sp³-hybridized carbons (Fsp3) is 0.375. The Morgan fingerprint density at radius 2 is 2.26 bits per heavy atom. The summed E-state index contributed by atoms with van der Waals surface area (Å²) in [6.07, 6.45) is 3.21. The number of carbonyl (C=O) groups is 2. The van der Waals surface area contributed by atoms with Crippen LogP contribution in [0.2, 0.25) is 0 Å². The van der Waals surface area contributed by atoms with E-state index in [4.69, 9.17) is 5.11 Å². The predicted molar refractivity (Wildman–Crippen MR) is 90.4 cm³/mol. The minimum atomic E-state index is -0.829. The van der Waals surface area contributed by atoms with Crippen molar-refractivity contribution in [1.82, 2.24) is 15.2 Å². The molecule has 6 nitrogen and oxygen atoms in total. The van der Waals surface area contributed by atoms with Crippen LogP contribution >= 0.6 is 15.9 Å². The van der Waals surface area contributed by atoms with Crippen molar-refractivity contribution in [3.05, 3.63) is 34.4 Å². The van der Waals surface area contributed by atoms with Gasteiger partial charge in [0.15, 0.2) is 0 Å². The molecule has 2 heterocycles. The Morgan fingerprint density at radius 1 is 1.43 bits per heavy atom. The van der Waals surface area contributed by atoms with Crippen LogP contribution in [-0.2, 0) is 11.2 Å². The third-order valence-corrected chi connectivity index (χ3v) is 4.72. The number of rotatable bonds is 4. The molecule has 23 heavy (non-hydrogen) atoms. The van der Waals surface area contributed by atoms with Crippen molar-refractivity contribution in [1.29, 1.82) is 0 Å². The second kappa shape index (κ2) is 6.62. The van der Waals surface area contributed by atoms with Gasteiger partial charge in [0.25, 0.3) is 0 Å². The number of aromatic nitrogens is 1. The summed E-state index contributed by atoms with van der Waals surface area (Å²) in [7, 11) is 0. The molecule has 1 saturated heterocycles. The standard InChI is InChI=1S/C16H18BrN3O3/c17-12-1-2-14-13(7-12)10(8-19-14)3-5-18-16(23)20-6-4-11(9-20)15(21)22/h1-2,7-8,11,19H,3-6,9H2,(H,18,23)(H,21,22). The van der Waals surface area contributed by atoms with E-state index in [-0.39, 0.29) is 6.03 Å². The number of hydrogen-bond acceptors (Lipinski definition) is 2. The molecule has 2 aromatic rings. The van der Waals surface area contributed by atoms with Crippen LogP contribution in [0, 0.1) is 5.92 Å². The van der Waals surface area contributed by atoms with Crippen LogP contribution in [0.4, 0.5) is 4.79 Å². The Labute approximate surface area is 142 Å². The molecule has 1 unspecified atom stereocenters. The number of halogens is 1. The highest BCUT2D eigenvalue weighted by Gasteiger charge is 2.30. The molecule has 1 aromatic carbocycles. The van der Waals surface area contributed by atoms with E-state index >= 15 is 0 Å². The molecule has 1 aliphatic rings. The Bertz CT molecular complexity index is 743. The number of hydrogen-bond donors (Lipinski definition) is 3. The number of benzene rings is 1. The first-order valence-electron chi connectivity index (χ1n) is 7.55. The summed E-state index contributed by atoms with van der Waals surface area (Å²) in [5, 5.41) is 13.0. The van der Waals surface area contributed by atoms with Crippen LogP contribution in [0.3, 0.4) is 0 Å². The normalized spacial score (nSPS) is 17.6. The van der Waals surface area contributed by atoms with E-state index in [1.807, 2.05) is 18.3 Å². The van der Waals surface area contributed by atoms with E-state index < -0.39 is 11.9 Å². The maximum absolute atomic E-state index is 12.1. The monoisotopic (exact) mass is 379 g/mol. The summed E-state index contributed by atoms with van der Waals surface area (Å²) in [4.78, 5) is 27.8. The van der Waals surface area contributed by atoms with Crippen molar-refractivity contribution >= 4 is 38.8 Å². The summed E-state index contributed by atoms with van der Waals surface area (Å²) in [6.45, 7) is 1.32. The molecule has 0 bridgehead atoms. The van der Waals surface area contributed by atoms with Crippen LogP contribution in [0.1, 0.15) is 12.0 Å². The van der Waals surface area contributed by atoms with Crippen LogP contribution < -0.4 is 5.32 Å². The van der Waals surface area contributed by atoms with Gasteiger partial charge < -0.3 is 20.3 Å². The lowest BCUT2D eigenvalue weighted by Crippen LogP contribution is -2.39. The maximum Gasteiger partial charge on any atom is 0.317 e. The van der Waals surface area contributed by atoms with Crippen LogP contribution in [-0.4, -0.2) is 46.6 Å². The smallest absolute Gasteiger partial charge is 0.317 e. The number of nitrogens with zero attached hydrogens (tertiary/aromatic N) is 1. The quantitative estimate of drug-likeness (QED) is 0.762. The zero-order valence-corrected chi connectivity index (χ0v) is 14.1. The van der Waals surface area contributed by atoms with Gasteiger partial charge in [-0.2, -0.15) is 0 Å². The minimum Gasteiger partial charge on any atom is -0.481 e. The zero-order chi connectivity index (χ0) is 16.4. The number of H-pyrrole nitrogens is 1. The number of nitrogens with one attached hydrogen (secondary N) is 2. The first kappa shape index (κ1) is 15.9. The molecule has 0 radical (unpaired) electrons. The number of carboxylic acid groups (broad SMARTS) is 1. The summed E-state index contributed by atoms with van der Waals surface area (Å²) in [5.41, 5.74) is 2.21. The predicted octanol–water partition coefficient (Wildman–Crippen LogP) is 2.59. The molecule has 7 heteroatoms. The fourth-order valence-electron chi connectivity index (χ4n) is 2.92. The lowest BCUT2D eigenvalue weighted by atomic mass is 10.1. The number of urea groups is 1. The Kier molecular flexibility index (Phi) is 4.56. The molecule has 122 valence electrons. The third-order valence-electron chi connectivity index (χ3n) is 4.22. The second-order valence-corrected chi connectivity index (χ2v) is 6.67. The Morgan fingerprint density at radius 3 is 3.00 bits per heavy atom. The van der Waals surface area contributed by atoms with E-state index in [0.29, 0.717) is 26.1 Å². The van der Waals surface area contributed by atoms with Gasteiger partial charge in [-0.05, 0) is 36.6 Å². The van der Waals surface area contributed by atoms with E-state index in [1.165, 1.54) is 0 Å². The largest absolute Gasteiger partial charge is 0.481 e. The van der Waals surface area contributed by atoms with Crippen molar-refractivity contribution in [2.24, 2.45) is 5.92 Å². The summed E-state index contributed by atoms with van der Waals surface area (Å²) >= 11 is 3.47. The van der Waals surface area contributed by atoms with E-state index in [2.05, 4.69) is 32.3 Å². The number of amides is 2. The summed E-state index contributed by atoms with van der Waals surface area (Å²) in [5.74, 6) is -1.27. The minimum absolute atomic E-state index is 0.185. The summed E-state index contributed by atoms with van der Waals surface area (Å²) < 4.78 is 1.02. The number of carbonyl (C=O) groups excluding carboxylic acids is 1. The van der Waals surface area contributed by atoms with E-state index in [1.54, 1.807) is 4.90 Å². The van der Waals surface area contributed by atoms with Crippen LogP contribution in [0.5, 0.6) is 0 Å². The number of carboxylic acids is 1. The average molecular weight is 380 g/mol. The Balaban J connectivity index is 1.54. The van der Waals surface area contributed by atoms with Gasteiger partial charge in [-0.1, -0.05) is 15.9 Å². The highest BCUT2D eigenvalue weighted by molar-refractivity contribution is 9.10. The number of fused-ring (bicyclic) bond motifs is 1. The number of likely N-dealkylation sites (tertiary alicyclic amines) is 1. The molecule has 3 rings (SSSR count). The molecule has 0 spiro atoms. The van der Waals surface area contributed by atoms with Gasteiger partial charge in [0.1, 0.15) is 0 Å². The van der Waals surface area contributed by atoms with Crippen LogP contribution in [0.15, 0.2) is 28.9 Å². The zero-order valence-electron chi connectivity index (χ0n) is 12.5. The molecule has 3 N–H and O–H groups in total. The molecule has 1 aliphatic heterocycles. The van der Waals surface area contributed by atoms with Gasteiger partial charge in [0.2, 0.25) is 0 Å². The third kappa shape index (κ3) is 3.50. The van der Waals surface area contributed by atoms with E-state index in [9.17, 15) is 9.59 Å². The van der Waals surface area contributed by atoms with Crippen LogP contribution in [0.25, 0.3) is 10.9 Å². The molecule has 2 amide bonds. The first-order chi connectivity index (χ1) is 11.0.